The Bertz CT molecular complexity index is 848. The number of nitrogens with one attached hydrogen (secondary N) is 2. The van der Waals surface area contributed by atoms with Gasteiger partial charge in [0.05, 0.1) is 12.4 Å². The van der Waals surface area contributed by atoms with E-state index in [2.05, 4.69) is 53.0 Å². The molecule has 1 aromatic heterocycles. The number of benzene rings is 1. The molecule has 0 amide bonds. The fourth-order valence-electron chi connectivity index (χ4n) is 4.33. The lowest BCUT2D eigenvalue weighted by Gasteiger charge is -2.20. The van der Waals surface area contributed by atoms with Gasteiger partial charge >= 0.3 is 0 Å². The van der Waals surface area contributed by atoms with Crippen LogP contribution in [0.25, 0.3) is 0 Å². The maximum absolute atomic E-state index is 6.27. The monoisotopic (exact) mass is 396 g/mol. The zero-order chi connectivity index (χ0) is 19.3. The smallest absolute Gasteiger partial charge is 0.0866 e. The molecule has 2 heterocycles. The van der Waals surface area contributed by atoms with Crippen molar-refractivity contribution in [3.8, 4) is 0 Å². The van der Waals surface area contributed by atoms with Crippen molar-refractivity contribution < 1.29 is 0 Å². The summed E-state index contributed by atoms with van der Waals surface area (Å²) in [6.07, 6.45) is 9.52. The highest BCUT2D eigenvalue weighted by atomic mass is 35.5. The van der Waals surface area contributed by atoms with Crippen LogP contribution in [0, 0.1) is 0 Å². The minimum Gasteiger partial charge on any atom is -0.370 e. The number of aryl methyl sites for hydroxylation is 2. The van der Waals surface area contributed by atoms with Crippen molar-refractivity contribution in [3.63, 3.8) is 0 Å². The molecule has 148 valence electrons. The third-order valence-corrected chi connectivity index (χ3v) is 5.98. The van der Waals surface area contributed by atoms with Crippen molar-refractivity contribution in [2.24, 2.45) is 0 Å². The van der Waals surface area contributed by atoms with Crippen molar-refractivity contribution in [1.82, 2.24) is 20.5 Å². The largest absolute Gasteiger partial charge is 0.370 e. The topological polar surface area (TPSA) is 40.2 Å². The number of aromatic nitrogens is 1. The third kappa shape index (κ3) is 4.50. The molecular weight excluding hydrogens is 368 g/mol. The summed E-state index contributed by atoms with van der Waals surface area (Å²) in [6, 6.07) is 10.7. The summed E-state index contributed by atoms with van der Waals surface area (Å²) in [5, 5.41) is 7.89. The fourth-order valence-corrected chi connectivity index (χ4v) is 4.52. The van der Waals surface area contributed by atoms with Crippen LogP contribution in [0.3, 0.4) is 0 Å². The van der Waals surface area contributed by atoms with Crippen LogP contribution in [-0.2, 0) is 12.8 Å². The van der Waals surface area contributed by atoms with Gasteiger partial charge in [0.1, 0.15) is 0 Å². The van der Waals surface area contributed by atoms with Gasteiger partial charge in [-0.15, -0.1) is 0 Å². The summed E-state index contributed by atoms with van der Waals surface area (Å²) in [7, 11) is 2.10. The summed E-state index contributed by atoms with van der Waals surface area (Å²) < 4.78 is 0. The van der Waals surface area contributed by atoms with Gasteiger partial charge in [0.15, 0.2) is 0 Å². The number of allylic oxidation sites excluding steroid dienone is 1. The first-order chi connectivity index (χ1) is 13.7. The van der Waals surface area contributed by atoms with E-state index in [0.29, 0.717) is 5.92 Å². The Labute approximate surface area is 173 Å². The highest BCUT2D eigenvalue weighted by Crippen LogP contribution is 2.36. The average Bonchev–Trinajstić information content (AvgIpc) is 3.05. The van der Waals surface area contributed by atoms with E-state index in [4.69, 9.17) is 16.6 Å². The number of rotatable bonds is 7. The second kappa shape index (κ2) is 8.97. The van der Waals surface area contributed by atoms with E-state index in [9.17, 15) is 0 Å². The van der Waals surface area contributed by atoms with Gasteiger partial charge in [0.25, 0.3) is 0 Å². The lowest BCUT2D eigenvalue weighted by molar-refractivity contribution is 0.472. The average molecular weight is 397 g/mol. The number of halogens is 1. The Hall–Kier alpha value is -2.04. The van der Waals surface area contributed by atoms with Gasteiger partial charge in [-0.25, -0.2) is 0 Å². The van der Waals surface area contributed by atoms with E-state index in [1.165, 1.54) is 28.1 Å². The zero-order valence-corrected chi connectivity index (χ0v) is 17.3. The maximum atomic E-state index is 6.27. The van der Waals surface area contributed by atoms with E-state index in [-0.39, 0.29) is 0 Å². The first-order valence-corrected chi connectivity index (χ1v) is 10.7. The molecular formula is C23H29ClN4. The summed E-state index contributed by atoms with van der Waals surface area (Å²) in [4.78, 5) is 6.96. The van der Waals surface area contributed by atoms with Crippen LogP contribution >= 0.6 is 11.6 Å². The summed E-state index contributed by atoms with van der Waals surface area (Å²) in [6.45, 7) is 2.97. The molecule has 0 bridgehead atoms. The third-order valence-electron chi connectivity index (χ3n) is 5.74. The molecule has 2 aliphatic rings. The lowest BCUT2D eigenvalue weighted by Crippen LogP contribution is -2.21. The van der Waals surface area contributed by atoms with Gasteiger partial charge in [-0.2, -0.15) is 0 Å². The molecule has 1 aliphatic heterocycles. The first kappa shape index (κ1) is 19.3. The molecule has 0 spiro atoms. The Morgan fingerprint density at radius 2 is 2.11 bits per heavy atom. The van der Waals surface area contributed by atoms with E-state index >= 15 is 0 Å². The molecule has 1 aromatic carbocycles. The molecule has 1 unspecified atom stereocenters. The highest BCUT2D eigenvalue weighted by Gasteiger charge is 2.24. The molecule has 0 radical (unpaired) electrons. The standard InChI is InChI=1S/C23H29ClN4/c1-28-15-20(27-16-28)5-3-11-25-13-10-22-21-9-8-19(24)14-18(21)7-6-17-4-2-12-26-23(17)22/h2,4,8-9,12,14-15,22,25,27H,3,5-7,10-11,13,16H2,1H3. The highest BCUT2D eigenvalue weighted by molar-refractivity contribution is 6.30. The molecule has 5 heteroatoms. The Morgan fingerprint density at radius 1 is 1.21 bits per heavy atom. The Balaban J connectivity index is 1.37. The molecule has 0 saturated carbocycles. The van der Waals surface area contributed by atoms with Crippen LogP contribution in [0.5, 0.6) is 0 Å². The molecule has 1 atom stereocenters. The van der Waals surface area contributed by atoms with Gasteiger partial charge in [-0.1, -0.05) is 23.7 Å². The number of pyridine rings is 1. The van der Waals surface area contributed by atoms with Crippen LogP contribution in [0.15, 0.2) is 48.4 Å². The van der Waals surface area contributed by atoms with E-state index in [1.807, 2.05) is 12.3 Å². The molecule has 4 rings (SSSR count). The van der Waals surface area contributed by atoms with Crippen LogP contribution in [-0.4, -0.2) is 36.7 Å². The van der Waals surface area contributed by atoms with Gasteiger partial charge in [-0.05, 0) is 80.1 Å². The van der Waals surface area contributed by atoms with E-state index < -0.39 is 0 Å². The van der Waals surface area contributed by atoms with Crippen molar-refractivity contribution in [1.29, 1.82) is 0 Å². The molecule has 2 aromatic rings. The first-order valence-electron chi connectivity index (χ1n) is 10.3. The zero-order valence-electron chi connectivity index (χ0n) is 16.5. The quantitative estimate of drug-likeness (QED) is 0.692. The predicted octanol–water partition coefficient (Wildman–Crippen LogP) is 4.06. The maximum Gasteiger partial charge on any atom is 0.0866 e. The number of fused-ring (bicyclic) bond motifs is 2. The number of hydrogen-bond acceptors (Lipinski definition) is 4. The van der Waals surface area contributed by atoms with Crippen LogP contribution in [0.4, 0.5) is 0 Å². The van der Waals surface area contributed by atoms with Gasteiger partial charge in [0, 0.05) is 36.1 Å². The minimum atomic E-state index is 0.339. The normalized spacial score (nSPS) is 18.1. The molecule has 4 nitrogen and oxygen atoms in total. The fraction of sp³-hybridized carbons (Fsp3) is 0.435. The number of hydrogen-bond donors (Lipinski definition) is 2. The van der Waals surface area contributed by atoms with Crippen molar-refractivity contribution >= 4 is 11.6 Å². The molecule has 1 aliphatic carbocycles. The molecule has 0 fully saturated rings. The Morgan fingerprint density at radius 3 is 2.96 bits per heavy atom. The van der Waals surface area contributed by atoms with Gasteiger partial charge < -0.3 is 15.5 Å². The van der Waals surface area contributed by atoms with Crippen molar-refractivity contribution in [2.45, 2.75) is 38.0 Å². The number of nitrogens with zero attached hydrogens (tertiary/aromatic N) is 2. The van der Waals surface area contributed by atoms with Crippen LogP contribution < -0.4 is 10.6 Å². The van der Waals surface area contributed by atoms with Crippen LogP contribution in [0.2, 0.25) is 5.02 Å². The molecule has 2 N–H and O–H groups in total. The second-order valence-electron chi connectivity index (χ2n) is 7.83. The van der Waals surface area contributed by atoms with Gasteiger partial charge in [0.2, 0.25) is 0 Å². The molecule has 0 saturated heterocycles. The van der Waals surface area contributed by atoms with Crippen molar-refractivity contribution in [2.75, 3.05) is 26.8 Å². The van der Waals surface area contributed by atoms with Crippen LogP contribution in [0.1, 0.15) is 47.6 Å². The summed E-state index contributed by atoms with van der Waals surface area (Å²) in [5.41, 5.74) is 6.74. The molecule has 28 heavy (non-hydrogen) atoms. The predicted molar refractivity (Wildman–Crippen MR) is 116 cm³/mol. The van der Waals surface area contributed by atoms with E-state index in [1.54, 1.807) is 0 Å². The Kier molecular flexibility index (Phi) is 6.18. The SMILES string of the molecule is CN1C=C(CCCNCCC2c3ccc(Cl)cc3CCc3cccnc32)NC1. The second-order valence-corrected chi connectivity index (χ2v) is 8.27. The van der Waals surface area contributed by atoms with Crippen molar-refractivity contribution in [3.05, 3.63) is 75.8 Å². The van der Waals surface area contributed by atoms with E-state index in [0.717, 1.165) is 56.9 Å². The minimum absolute atomic E-state index is 0.339. The lowest BCUT2D eigenvalue weighted by atomic mass is 9.89. The van der Waals surface area contributed by atoms with Gasteiger partial charge in [-0.3, -0.25) is 4.98 Å². The summed E-state index contributed by atoms with van der Waals surface area (Å²) >= 11 is 6.27. The summed E-state index contributed by atoms with van der Waals surface area (Å²) in [5.74, 6) is 0.339.